The minimum absolute atomic E-state index is 0.417. The molecule has 20 heavy (non-hydrogen) atoms. The van der Waals surface area contributed by atoms with Gasteiger partial charge >= 0.3 is 129 Å². The van der Waals surface area contributed by atoms with E-state index in [-0.39, 0.29) is 0 Å². The molecule has 2 fully saturated rings. The van der Waals surface area contributed by atoms with Gasteiger partial charge < -0.3 is 0 Å². The van der Waals surface area contributed by atoms with E-state index in [1.54, 1.807) is 0 Å². The van der Waals surface area contributed by atoms with Crippen LogP contribution in [0.2, 0.25) is 5.32 Å². The van der Waals surface area contributed by atoms with Crippen LogP contribution >= 0.6 is 0 Å². The second kappa shape index (κ2) is 6.22. The Morgan fingerprint density at radius 1 is 1.10 bits per heavy atom. The van der Waals surface area contributed by atoms with Gasteiger partial charge in [0.15, 0.2) is 0 Å². The van der Waals surface area contributed by atoms with E-state index in [9.17, 15) is 5.11 Å². The molecule has 0 heterocycles. The summed E-state index contributed by atoms with van der Waals surface area (Å²) in [6.07, 6.45) is 7.92. The zero-order valence-corrected chi connectivity index (χ0v) is 14.1. The van der Waals surface area contributed by atoms with Gasteiger partial charge in [-0.1, -0.05) is 0 Å². The van der Waals surface area contributed by atoms with Crippen molar-refractivity contribution in [3.05, 3.63) is 30.3 Å². The summed E-state index contributed by atoms with van der Waals surface area (Å²) in [7, 11) is 0. The summed E-state index contributed by atoms with van der Waals surface area (Å²) in [4.78, 5) is 0. The molecule has 4 atom stereocenters. The van der Waals surface area contributed by atoms with Gasteiger partial charge in [0.1, 0.15) is 0 Å². The van der Waals surface area contributed by atoms with E-state index in [4.69, 9.17) is 0 Å². The van der Waals surface area contributed by atoms with Gasteiger partial charge in [0.25, 0.3) is 0 Å². The van der Waals surface area contributed by atoms with Crippen molar-refractivity contribution >= 4 is 19.4 Å². The first kappa shape index (κ1) is 14.6. The molecule has 3 rings (SSSR count). The maximum absolute atomic E-state index is 11.1. The number of benzene rings is 1. The molecule has 2 aliphatic rings. The monoisotopic (exact) mass is 338 g/mol. The van der Waals surface area contributed by atoms with Gasteiger partial charge in [0, 0.05) is 0 Å². The van der Waals surface area contributed by atoms with Gasteiger partial charge in [-0.05, 0) is 0 Å². The Hall–Kier alpha value is -0.301. The van der Waals surface area contributed by atoms with Crippen LogP contribution < -0.4 is 4.46 Å². The molecule has 1 aromatic carbocycles. The summed E-state index contributed by atoms with van der Waals surface area (Å²) in [6, 6.07) is 10.8. The number of fused-ring (bicyclic) bond motifs is 1. The van der Waals surface area contributed by atoms with Crippen LogP contribution in [-0.4, -0.2) is 25.7 Å². The summed E-state index contributed by atoms with van der Waals surface area (Å²) in [6.45, 7) is 2.14. The van der Waals surface area contributed by atoms with E-state index >= 15 is 0 Å². The number of rotatable bonds is 3. The van der Waals surface area contributed by atoms with E-state index in [1.807, 2.05) is 0 Å². The van der Waals surface area contributed by atoms with Crippen LogP contribution in [0, 0.1) is 17.8 Å². The molecule has 0 aliphatic heterocycles. The molecule has 1 N–H and O–H groups in total. The Labute approximate surface area is 129 Å². The van der Waals surface area contributed by atoms with Gasteiger partial charge in [0.2, 0.25) is 0 Å². The number of aliphatic hydroxyl groups is 1. The predicted octanol–water partition coefficient (Wildman–Crippen LogP) is 3.40. The van der Waals surface area contributed by atoms with Crippen molar-refractivity contribution in [3.8, 4) is 0 Å². The van der Waals surface area contributed by atoms with Crippen molar-refractivity contribution in [3.63, 3.8) is 0 Å². The molecule has 0 saturated heterocycles. The average molecular weight is 337 g/mol. The second-order valence-corrected chi connectivity index (χ2v) is 9.07. The third-order valence-corrected chi connectivity index (χ3v) is 8.03. The van der Waals surface area contributed by atoms with Crippen molar-refractivity contribution < 1.29 is 5.11 Å². The third-order valence-electron chi connectivity index (χ3n) is 5.57. The number of hydrogen-bond acceptors (Lipinski definition) is 1. The zero-order chi connectivity index (χ0) is 14.0. The van der Waals surface area contributed by atoms with Crippen LogP contribution in [0.5, 0.6) is 0 Å². The fraction of sp³-hybridized carbons (Fsp3) is 0.667. The average Bonchev–Trinajstić information content (AvgIpc) is 2.48. The Balaban J connectivity index is 1.64. The molecule has 1 nitrogen and oxygen atoms in total. The van der Waals surface area contributed by atoms with Crippen molar-refractivity contribution in [2.75, 3.05) is 0 Å². The maximum atomic E-state index is 11.1. The Kier molecular flexibility index (Phi) is 4.55. The summed E-state index contributed by atoms with van der Waals surface area (Å²) >= 11 is 0.511. The molecule has 0 unspecified atom stereocenters. The molecule has 2 heteroatoms. The first-order chi connectivity index (χ1) is 9.68. The Bertz CT molecular complexity index is 428. The molecule has 110 valence electrons. The topological polar surface area (TPSA) is 20.2 Å². The third kappa shape index (κ3) is 2.98. The molecule has 0 radical (unpaired) electrons. The zero-order valence-electron chi connectivity index (χ0n) is 12.4. The summed E-state index contributed by atoms with van der Waals surface area (Å²) in [5, 5.41) is 12.3. The molecule has 0 spiro atoms. The van der Waals surface area contributed by atoms with Gasteiger partial charge in [0.05, 0.1) is 0 Å². The van der Waals surface area contributed by atoms with Gasteiger partial charge in [-0.2, -0.15) is 0 Å². The first-order valence-corrected chi connectivity index (χ1v) is 10.1. The molecule has 1 aromatic rings. The summed E-state index contributed by atoms with van der Waals surface area (Å²) in [5.41, 5.74) is -0.417. The van der Waals surface area contributed by atoms with E-state index in [1.165, 1.54) is 48.3 Å². The quantitative estimate of drug-likeness (QED) is 0.838. The van der Waals surface area contributed by atoms with E-state index < -0.39 is 5.60 Å². The van der Waals surface area contributed by atoms with Crippen LogP contribution in [0.3, 0.4) is 0 Å². The molecule has 2 aliphatic carbocycles. The van der Waals surface area contributed by atoms with E-state index in [2.05, 4.69) is 37.3 Å². The Morgan fingerprint density at radius 3 is 2.65 bits per heavy atom. The molecular weight excluding hydrogens is 311 g/mol. The molecule has 0 bridgehead atoms. The van der Waals surface area contributed by atoms with Crippen LogP contribution in [0.15, 0.2) is 30.3 Å². The van der Waals surface area contributed by atoms with Crippen molar-refractivity contribution in [1.82, 2.24) is 0 Å². The van der Waals surface area contributed by atoms with Gasteiger partial charge in [-0.25, -0.2) is 0 Å². The Morgan fingerprint density at radius 2 is 1.85 bits per heavy atom. The van der Waals surface area contributed by atoms with Crippen LogP contribution in [0.1, 0.15) is 45.4 Å². The number of hydrogen-bond donors (Lipinski definition) is 1. The van der Waals surface area contributed by atoms with Gasteiger partial charge in [-0.15, -0.1) is 0 Å². The molecular formula is C18H26OSe. The molecule has 2 saturated carbocycles. The van der Waals surface area contributed by atoms with E-state index in [0.29, 0.717) is 26.8 Å². The van der Waals surface area contributed by atoms with Crippen molar-refractivity contribution in [1.29, 1.82) is 0 Å². The fourth-order valence-corrected chi connectivity index (χ4v) is 6.92. The van der Waals surface area contributed by atoms with Crippen molar-refractivity contribution in [2.24, 2.45) is 17.8 Å². The summed E-state index contributed by atoms with van der Waals surface area (Å²) in [5.74, 6) is 1.89. The normalized spacial score (nSPS) is 37.4. The standard InChI is InChI=1S/C18H26OSe/c1-18(19)15(13-20-16-8-3-2-4-9-16)12-11-14-7-5-6-10-17(14)18/h2-4,8-9,14-15,17,19H,5-7,10-13H2,1H3/t14-,15-,17+,18-/m0/s1. The van der Waals surface area contributed by atoms with Gasteiger partial charge in [-0.3, -0.25) is 0 Å². The fourth-order valence-electron chi connectivity index (χ4n) is 4.30. The summed E-state index contributed by atoms with van der Waals surface area (Å²) < 4.78 is 1.47. The molecule has 0 amide bonds. The first-order valence-electron chi connectivity index (χ1n) is 8.08. The minimum atomic E-state index is -0.417. The second-order valence-electron chi connectivity index (χ2n) is 6.78. The van der Waals surface area contributed by atoms with E-state index in [0.717, 1.165) is 5.92 Å². The van der Waals surface area contributed by atoms with Crippen LogP contribution in [0.4, 0.5) is 0 Å². The predicted molar refractivity (Wildman–Crippen MR) is 85.4 cm³/mol. The molecule has 0 aromatic heterocycles. The SMILES string of the molecule is C[C@]1(O)[C@H](C[Se]c2ccccc2)CC[C@@H]2CCCC[C@H]21. The van der Waals surface area contributed by atoms with Crippen LogP contribution in [0.25, 0.3) is 0 Å². The van der Waals surface area contributed by atoms with Crippen LogP contribution in [-0.2, 0) is 0 Å². The van der Waals surface area contributed by atoms with Crippen molar-refractivity contribution in [2.45, 2.75) is 56.4 Å².